The average Bonchev–Trinajstić information content (AvgIpc) is 3.19. The van der Waals surface area contributed by atoms with Gasteiger partial charge in [-0.2, -0.15) is 5.26 Å². The van der Waals surface area contributed by atoms with Gasteiger partial charge in [-0.05, 0) is 6.92 Å². The van der Waals surface area contributed by atoms with Crippen LogP contribution in [0, 0.1) is 11.3 Å². The Bertz CT molecular complexity index is 1070. The highest BCUT2D eigenvalue weighted by Gasteiger charge is 2.60. The number of hydrogen-bond acceptors (Lipinski definition) is 16. The van der Waals surface area contributed by atoms with Crippen molar-refractivity contribution in [2.24, 2.45) is 0 Å². The van der Waals surface area contributed by atoms with Crippen molar-refractivity contribution in [3.63, 3.8) is 0 Å². The highest BCUT2D eigenvalue weighted by molar-refractivity contribution is 5.69. The summed E-state index contributed by atoms with van der Waals surface area (Å²) in [5, 5.41) is 9.48. The van der Waals surface area contributed by atoms with Gasteiger partial charge >= 0.3 is 29.8 Å². The number of esters is 5. The van der Waals surface area contributed by atoms with Gasteiger partial charge in [-0.15, -0.1) is 0 Å². The number of nitriles is 1. The Morgan fingerprint density at radius 3 is 1.80 bits per heavy atom. The quantitative estimate of drug-likeness (QED) is 0.266. The second-order valence-corrected chi connectivity index (χ2v) is 9.71. The van der Waals surface area contributed by atoms with Gasteiger partial charge in [-0.3, -0.25) is 24.0 Å². The molecule has 16 heteroatoms. The first kappa shape index (κ1) is 32.2. The number of hydrogen-bond donors (Lipinski definition) is 0. The van der Waals surface area contributed by atoms with E-state index in [0.717, 1.165) is 34.6 Å². The van der Waals surface area contributed by atoms with Gasteiger partial charge in [0.15, 0.2) is 43.1 Å². The van der Waals surface area contributed by atoms with Gasteiger partial charge in [0.05, 0.1) is 6.10 Å². The lowest BCUT2D eigenvalue weighted by molar-refractivity contribution is -0.345. The van der Waals surface area contributed by atoms with Crippen molar-refractivity contribution in [3.05, 3.63) is 0 Å². The minimum absolute atomic E-state index is 0.468. The Hall–Kier alpha value is -3.36. The largest absolute Gasteiger partial charge is 0.463 e. The van der Waals surface area contributed by atoms with E-state index in [-0.39, 0.29) is 0 Å². The maximum Gasteiger partial charge on any atom is 0.303 e. The van der Waals surface area contributed by atoms with E-state index >= 15 is 0 Å². The first-order chi connectivity index (χ1) is 19.1. The first-order valence-electron chi connectivity index (χ1n) is 12.7. The fourth-order valence-electron chi connectivity index (χ4n) is 4.72. The summed E-state index contributed by atoms with van der Waals surface area (Å²) in [5.41, 5.74) is 0. The molecule has 0 radical (unpaired) electrons. The lowest BCUT2D eigenvalue weighted by atomic mass is 9.96. The first-order valence-corrected chi connectivity index (χ1v) is 12.7. The van der Waals surface area contributed by atoms with Crippen molar-refractivity contribution in [1.82, 2.24) is 0 Å². The van der Waals surface area contributed by atoms with E-state index in [1.807, 2.05) is 6.07 Å². The van der Waals surface area contributed by atoms with Gasteiger partial charge in [0.25, 0.3) is 5.79 Å². The summed E-state index contributed by atoms with van der Waals surface area (Å²) in [5.74, 6) is -5.56. The van der Waals surface area contributed by atoms with Gasteiger partial charge in [-0.1, -0.05) is 0 Å². The molecule has 3 aliphatic rings. The molecule has 3 aliphatic heterocycles. The molecular formula is C25H33NO15. The molecule has 0 unspecified atom stereocenters. The molecule has 3 heterocycles. The molecule has 11 atom stereocenters. The molecule has 16 nitrogen and oxygen atoms in total. The van der Waals surface area contributed by atoms with Crippen LogP contribution in [0.4, 0.5) is 0 Å². The maximum absolute atomic E-state index is 12.1. The summed E-state index contributed by atoms with van der Waals surface area (Å²) in [6.07, 6.45) is -12.8. The van der Waals surface area contributed by atoms with E-state index in [4.69, 9.17) is 47.4 Å². The topological polar surface area (TPSA) is 201 Å². The highest BCUT2D eigenvalue weighted by Crippen LogP contribution is 2.40. The summed E-state index contributed by atoms with van der Waals surface area (Å²) in [6, 6.07) is 1.86. The molecule has 0 aromatic carbocycles. The van der Waals surface area contributed by atoms with Crippen LogP contribution >= 0.6 is 0 Å². The van der Waals surface area contributed by atoms with Gasteiger partial charge < -0.3 is 47.4 Å². The molecule has 3 rings (SSSR count). The second-order valence-electron chi connectivity index (χ2n) is 9.71. The third-order valence-electron chi connectivity index (χ3n) is 6.17. The van der Waals surface area contributed by atoms with E-state index in [9.17, 15) is 29.2 Å². The fourth-order valence-corrected chi connectivity index (χ4v) is 4.72. The standard InChI is InChI=1S/C25H33NO15/c1-10-17(19(35-13(4)29)22-24(33-10)41-25(7,9-26)40-22)39-23-21(37-15(6)31)20(36-14(5)30)18(34-12(3)28)16(38-23)8-32-11(2)27/h10,16-24H,8H2,1-7H3/t10-,16+,17-,18+,19+,20-,21+,22+,23-,24+,25+/m0/s1. The maximum atomic E-state index is 12.1. The predicted molar refractivity (Wildman–Crippen MR) is 127 cm³/mol. The van der Waals surface area contributed by atoms with Crippen LogP contribution in [0.15, 0.2) is 0 Å². The molecule has 228 valence electrons. The predicted octanol–water partition coefficient (Wildman–Crippen LogP) is -0.214. The van der Waals surface area contributed by atoms with Crippen LogP contribution in [0.2, 0.25) is 0 Å². The Labute approximate surface area is 235 Å². The zero-order chi connectivity index (χ0) is 30.6. The molecule has 0 aromatic rings. The van der Waals surface area contributed by atoms with Crippen LogP contribution in [0.1, 0.15) is 48.5 Å². The van der Waals surface area contributed by atoms with E-state index in [1.165, 1.54) is 6.92 Å². The van der Waals surface area contributed by atoms with E-state index in [1.54, 1.807) is 6.92 Å². The van der Waals surface area contributed by atoms with Crippen LogP contribution in [-0.2, 0) is 71.3 Å². The number of fused-ring (bicyclic) bond motifs is 1. The number of carbonyl (C=O) groups is 5. The van der Waals surface area contributed by atoms with Crippen LogP contribution in [-0.4, -0.2) is 104 Å². The summed E-state index contributed by atoms with van der Waals surface area (Å²) in [4.78, 5) is 59.8. The lowest BCUT2D eigenvalue weighted by Crippen LogP contribution is -2.65. The molecule has 0 bridgehead atoms. The van der Waals surface area contributed by atoms with Gasteiger partial charge in [-0.25, -0.2) is 0 Å². The highest BCUT2D eigenvalue weighted by atomic mass is 16.8. The fraction of sp³-hybridized carbons (Fsp3) is 0.760. The van der Waals surface area contributed by atoms with Crippen molar-refractivity contribution >= 4 is 29.8 Å². The number of ether oxygens (including phenoxy) is 10. The smallest absolute Gasteiger partial charge is 0.303 e. The summed E-state index contributed by atoms with van der Waals surface area (Å²) in [7, 11) is 0. The zero-order valence-corrected chi connectivity index (χ0v) is 23.6. The normalized spacial score (nSPS) is 38.0. The van der Waals surface area contributed by atoms with Crippen molar-refractivity contribution in [3.8, 4) is 6.07 Å². The van der Waals surface area contributed by atoms with Crippen molar-refractivity contribution in [1.29, 1.82) is 5.26 Å². The molecule has 0 amide bonds. The molecule has 41 heavy (non-hydrogen) atoms. The van der Waals surface area contributed by atoms with E-state index in [2.05, 4.69) is 0 Å². The Morgan fingerprint density at radius 2 is 1.27 bits per heavy atom. The van der Waals surface area contributed by atoms with E-state index < -0.39 is 104 Å². The molecule has 3 saturated heterocycles. The number of carbonyl (C=O) groups excluding carboxylic acids is 5. The van der Waals surface area contributed by atoms with Crippen LogP contribution in [0.5, 0.6) is 0 Å². The van der Waals surface area contributed by atoms with Crippen LogP contribution < -0.4 is 0 Å². The molecule has 0 spiro atoms. The summed E-state index contributed by atoms with van der Waals surface area (Å²) in [6.45, 7) is 8.01. The van der Waals surface area contributed by atoms with Crippen molar-refractivity contribution < 1.29 is 71.3 Å². The molecule has 3 fully saturated rings. The molecular weight excluding hydrogens is 554 g/mol. The van der Waals surface area contributed by atoms with Crippen LogP contribution in [0.25, 0.3) is 0 Å². The van der Waals surface area contributed by atoms with Gasteiger partial charge in [0.2, 0.25) is 0 Å². The minimum atomic E-state index is -1.71. The lowest BCUT2D eigenvalue weighted by Gasteiger charge is -2.47. The summed E-state index contributed by atoms with van der Waals surface area (Å²) >= 11 is 0. The zero-order valence-electron chi connectivity index (χ0n) is 23.6. The minimum Gasteiger partial charge on any atom is -0.463 e. The Balaban J connectivity index is 2.02. The average molecular weight is 588 g/mol. The second kappa shape index (κ2) is 13.1. The third-order valence-corrected chi connectivity index (χ3v) is 6.17. The molecule has 0 N–H and O–H groups in total. The number of nitrogens with zero attached hydrogens (tertiary/aromatic N) is 1. The molecule has 0 aliphatic carbocycles. The third kappa shape index (κ3) is 7.89. The van der Waals surface area contributed by atoms with Gasteiger partial charge in [0.1, 0.15) is 24.9 Å². The van der Waals surface area contributed by atoms with Crippen molar-refractivity contribution in [2.45, 2.75) is 116 Å². The monoisotopic (exact) mass is 587 g/mol. The summed E-state index contributed by atoms with van der Waals surface area (Å²) < 4.78 is 56.1. The number of rotatable bonds is 8. The van der Waals surface area contributed by atoms with E-state index in [0.29, 0.717) is 0 Å². The SMILES string of the molecule is CC(=O)OC[C@H]1O[C@@H](O[C@@H]2[C@@H](OC(C)=O)[C@H]3O[C@@](C)(C#N)O[C@H]3O[C@H]2C)[C@H](OC(C)=O)[C@@H](OC(C)=O)[C@@H]1OC(C)=O. The van der Waals surface area contributed by atoms with Crippen LogP contribution in [0.3, 0.4) is 0 Å². The van der Waals surface area contributed by atoms with Gasteiger partial charge in [0, 0.05) is 41.5 Å². The molecule has 0 saturated carbocycles. The molecule has 0 aromatic heterocycles. The Kier molecular flexibility index (Phi) is 10.3. The van der Waals surface area contributed by atoms with Crippen molar-refractivity contribution in [2.75, 3.05) is 6.61 Å². The Morgan fingerprint density at radius 1 is 0.732 bits per heavy atom.